The molecule has 0 saturated heterocycles. The summed E-state index contributed by atoms with van der Waals surface area (Å²) in [5.41, 5.74) is 1.18. The van der Waals surface area contributed by atoms with E-state index >= 15 is 0 Å². The smallest absolute Gasteiger partial charge is 0.296 e. The number of carbonyl (C=O) groups is 2. The van der Waals surface area contributed by atoms with E-state index in [0.29, 0.717) is 17.6 Å². The van der Waals surface area contributed by atoms with Crippen LogP contribution in [0.2, 0.25) is 0 Å². The zero-order valence-corrected chi connectivity index (χ0v) is 10.3. The van der Waals surface area contributed by atoms with Crippen molar-refractivity contribution >= 4 is 22.5 Å². The van der Waals surface area contributed by atoms with Gasteiger partial charge in [0, 0.05) is 10.9 Å². The number of Topliss-reactive ketones (excluding diaryl/α,β-unsaturated/α-hetero) is 2. The van der Waals surface area contributed by atoms with Gasteiger partial charge in [0.2, 0.25) is 11.6 Å². The Morgan fingerprint density at radius 3 is 2.58 bits per heavy atom. The summed E-state index contributed by atoms with van der Waals surface area (Å²) in [7, 11) is 0. The van der Waals surface area contributed by atoms with E-state index in [4.69, 9.17) is 4.42 Å². The highest BCUT2D eigenvalue weighted by Crippen LogP contribution is 2.27. The highest BCUT2D eigenvalue weighted by Gasteiger charge is 2.25. The largest absolute Gasteiger partial charge is 0.453 e. The van der Waals surface area contributed by atoms with Gasteiger partial charge < -0.3 is 4.42 Å². The first kappa shape index (κ1) is 13.4. The number of carbonyl (C=O) groups excluding carboxylic acids is 2. The van der Waals surface area contributed by atoms with Gasteiger partial charge in [-0.3, -0.25) is 9.59 Å². The van der Waals surface area contributed by atoms with E-state index in [1.807, 2.05) is 6.92 Å². The fourth-order valence-electron chi connectivity index (χ4n) is 1.99. The number of hydrogen-bond acceptors (Lipinski definition) is 3. The molecule has 2 aromatic rings. The minimum absolute atomic E-state index is 0.0118. The number of rotatable bonds is 5. The van der Waals surface area contributed by atoms with E-state index in [9.17, 15) is 18.4 Å². The number of furan rings is 1. The molecule has 0 aliphatic heterocycles. The van der Waals surface area contributed by atoms with Crippen LogP contribution in [0.4, 0.5) is 8.78 Å². The van der Waals surface area contributed by atoms with Gasteiger partial charge in [-0.1, -0.05) is 25.1 Å². The molecule has 0 amide bonds. The van der Waals surface area contributed by atoms with Crippen molar-refractivity contribution in [3.8, 4) is 0 Å². The topological polar surface area (TPSA) is 47.3 Å². The molecule has 1 aromatic heterocycles. The third kappa shape index (κ3) is 2.54. The molecule has 0 aliphatic carbocycles. The highest BCUT2D eigenvalue weighted by atomic mass is 19.3. The lowest BCUT2D eigenvalue weighted by Gasteiger charge is -1.99. The van der Waals surface area contributed by atoms with E-state index in [1.54, 1.807) is 24.3 Å². The third-order valence-corrected chi connectivity index (χ3v) is 2.88. The van der Waals surface area contributed by atoms with Gasteiger partial charge in [0.05, 0.1) is 6.42 Å². The van der Waals surface area contributed by atoms with Gasteiger partial charge >= 0.3 is 0 Å². The number of hydrogen-bond donors (Lipinski definition) is 0. The standard InChI is InChI=1S/C14H12F2O3/c1-2-8-9-5-3-4-6-12(9)19-13(8)10(17)7-11(18)14(15)16/h3-6,14H,2,7H2,1H3. The lowest BCUT2D eigenvalue weighted by atomic mass is 10.0. The van der Waals surface area contributed by atoms with E-state index in [2.05, 4.69) is 0 Å². The van der Waals surface area contributed by atoms with Crippen LogP contribution in [0.5, 0.6) is 0 Å². The average Bonchev–Trinajstić information content (AvgIpc) is 2.76. The molecular formula is C14H12F2O3. The van der Waals surface area contributed by atoms with Gasteiger partial charge in [-0.15, -0.1) is 0 Å². The molecule has 5 heteroatoms. The minimum atomic E-state index is -3.13. The normalized spacial score (nSPS) is 11.2. The maximum absolute atomic E-state index is 12.2. The minimum Gasteiger partial charge on any atom is -0.453 e. The van der Waals surface area contributed by atoms with E-state index < -0.39 is 24.4 Å². The van der Waals surface area contributed by atoms with Crippen molar-refractivity contribution in [3.63, 3.8) is 0 Å². The van der Waals surface area contributed by atoms with Crippen LogP contribution in [-0.4, -0.2) is 18.0 Å². The summed E-state index contributed by atoms with van der Waals surface area (Å²) in [6.07, 6.45) is -3.43. The Balaban J connectivity index is 2.39. The fraction of sp³-hybridized carbons (Fsp3) is 0.286. The summed E-state index contributed by atoms with van der Waals surface area (Å²) in [4.78, 5) is 22.8. The molecule has 0 aliphatic rings. The Kier molecular flexibility index (Phi) is 3.74. The summed E-state index contributed by atoms with van der Waals surface area (Å²) < 4.78 is 29.7. The second kappa shape index (κ2) is 5.30. The molecule has 19 heavy (non-hydrogen) atoms. The first-order chi connectivity index (χ1) is 9.04. The number of alkyl halides is 2. The molecule has 2 rings (SSSR count). The molecule has 0 fully saturated rings. The molecule has 0 unspecified atom stereocenters. The Morgan fingerprint density at radius 2 is 1.95 bits per heavy atom. The van der Waals surface area contributed by atoms with Crippen LogP contribution in [0, 0.1) is 0 Å². The van der Waals surface area contributed by atoms with Crippen LogP contribution < -0.4 is 0 Å². The van der Waals surface area contributed by atoms with Crippen molar-refractivity contribution in [3.05, 3.63) is 35.6 Å². The Bertz CT molecular complexity index is 629. The molecule has 0 atom stereocenters. The Labute approximate surface area is 108 Å². The molecule has 0 saturated carbocycles. The first-order valence-electron chi connectivity index (χ1n) is 5.89. The van der Waals surface area contributed by atoms with Crippen molar-refractivity contribution in [2.45, 2.75) is 26.2 Å². The molecule has 0 N–H and O–H groups in total. The van der Waals surface area contributed by atoms with Crippen molar-refractivity contribution < 1.29 is 22.8 Å². The maximum Gasteiger partial charge on any atom is 0.296 e. The van der Waals surface area contributed by atoms with E-state index in [-0.39, 0.29) is 5.76 Å². The first-order valence-corrected chi connectivity index (χ1v) is 5.89. The second-order valence-electron chi connectivity index (χ2n) is 4.13. The lowest BCUT2D eigenvalue weighted by molar-refractivity contribution is -0.128. The Hall–Kier alpha value is -2.04. The molecular weight excluding hydrogens is 254 g/mol. The third-order valence-electron chi connectivity index (χ3n) is 2.88. The van der Waals surface area contributed by atoms with E-state index in [0.717, 1.165) is 5.39 Å². The highest BCUT2D eigenvalue weighted by molar-refractivity contribution is 6.10. The average molecular weight is 266 g/mol. The predicted octanol–water partition coefficient (Wildman–Crippen LogP) is 3.40. The molecule has 1 aromatic carbocycles. The van der Waals surface area contributed by atoms with Gasteiger partial charge in [-0.25, -0.2) is 8.78 Å². The van der Waals surface area contributed by atoms with Crippen molar-refractivity contribution in [1.29, 1.82) is 0 Å². The van der Waals surface area contributed by atoms with Crippen LogP contribution >= 0.6 is 0 Å². The number of fused-ring (bicyclic) bond motifs is 1. The van der Waals surface area contributed by atoms with Crippen molar-refractivity contribution in [2.75, 3.05) is 0 Å². The van der Waals surface area contributed by atoms with Gasteiger partial charge in [0.1, 0.15) is 5.58 Å². The van der Waals surface area contributed by atoms with Gasteiger partial charge in [-0.05, 0) is 12.5 Å². The zero-order chi connectivity index (χ0) is 14.0. The molecule has 1 heterocycles. The maximum atomic E-state index is 12.2. The number of halogens is 2. The van der Waals surface area contributed by atoms with Crippen LogP contribution in [0.3, 0.4) is 0 Å². The fourth-order valence-corrected chi connectivity index (χ4v) is 1.99. The summed E-state index contributed by atoms with van der Waals surface area (Å²) in [6, 6.07) is 7.04. The van der Waals surface area contributed by atoms with Crippen molar-refractivity contribution in [2.24, 2.45) is 0 Å². The van der Waals surface area contributed by atoms with Gasteiger partial charge in [0.25, 0.3) is 6.43 Å². The number of aryl methyl sites for hydroxylation is 1. The quantitative estimate of drug-likeness (QED) is 0.615. The number of ketones is 2. The molecule has 0 bridgehead atoms. The summed E-state index contributed by atoms with van der Waals surface area (Å²) in [6.45, 7) is 1.84. The number of para-hydroxylation sites is 1. The SMILES string of the molecule is CCc1c(C(=O)CC(=O)C(F)F)oc2ccccc12. The second-order valence-corrected chi connectivity index (χ2v) is 4.13. The summed E-state index contributed by atoms with van der Waals surface area (Å²) in [5.74, 6) is -2.07. The van der Waals surface area contributed by atoms with Gasteiger partial charge in [-0.2, -0.15) is 0 Å². The zero-order valence-electron chi connectivity index (χ0n) is 10.3. The molecule has 100 valence electrons. The number of benzene rings is 1. The predicted molar refractivity (Wildman–Crippen MR) is 65.6 cm³/mol. The van der Waals surface area contributed by atoms with Crippen molar-refractivity contribution in [1.82, 2.24) is 0 Å². The van der Waals surface area contributed by atoms with E-state index in [1.165, 1.54) is 0 Å². The summed E-state index contributed by atoms with van der Waals surface area (Å²) >= 11 is 0. The monoisotopic (exact) mass is 266 g/mol. The molecule has 0 radical (unpaired) electrons. The van der Waals surface area contributed by atoms with Crippen LogP contribution in [0.15, 0.2) is 28.7 Å². The van der Waals surface area contributed by atoms with Crippen LogP contribution in [0.1, 0.15) is 29.5 Å². The van der Waals surface area contributed by atoms with Crippen LogP contribution in [0.25, 0.3) is 11.0 Å². The lowest BCUT2D eigenvalue weighted by Crippen LogP contribution is -2.15. The molecule has 3 nitrogen and oxygen atoms in total. The Morgan fingerprint density at radius 1 is 1.26 bits per heavy atom. The summed E-state index contributed by atoms with van der Waals surface area (Å²) in [5, 5.41) is 0.776. The molecule has 0 spiro atoms. The van der Waals surface area contributed by atoms with Gasteiger partial charge in [0.15, 0.2) is 5.76 Å². The van der Waals surface area contributed by atoms with Crippen LogP contribution in [-0.2, 0) is 11.2 Å².